The smallest absolute Gasteiger partial charge is 0.0995 e. The predicted octanol–water partition coefficient (Wildman–Crippen LogP) is 2.34. The Labute approximate surface area is 80.1 Å². The molecule has 1 aromatic rings. The van der Waals surface area contributed by atoms with Gasteiger partial charge in [0.25, 0.3) is 0 Å². The molecule has 2 nitrogen and oxygen atoms in total. The summed E-state index contributed by atoms with van der Waals surface area (Å²) in [5, 5.41) is 8.77. The SMILES string of the molecule is CC(N)c1ccc(Br)cc1C#N. The van der Waals surface area contributed by atoms with Crippen LogP contribution in [0.5, 0.6) is 0 Å². The molecule has 0 fully saturated rings. The van der Waals surface area contributed by atoms with Crippen molar-refractivity contribution in [3.05, 3.63) is 33.8 Å². The molecular weight excluding hydrogens is 216 g/mol. The topological polar surface area (TPSA) is 49.8 Å². The van der Waals surface area contributed by atoms with E-state index in [1.165, 1.54) is 0 Å². The van der Waals surface area contributed by atoms with E-state index in [2.05, 4.69) is 22.0 Å². The maximum Gasteiger partial charge on any atom is 0.0995 e. The third kappa shape index (κ3) is 1.84. The molecule has 0 saturated heterocycles. The summed E-state index contributed by atoms with van der Waals surface area (Å²) in [6.45, 7) is 1.87. The van der Waals surface area contributed by atoms with Gasteiger partial charge in [-0.3, -0.25) is 0 Å². The van der Waals surface area contributed by atoms with Gasteiger partial charge >= 0.3 is 0 Å². The van der Waals surface area contributed by atoms with Crippen molar-refractivity contribution in [1.29, 1.82) is 5.26 Å². The Kier molecular flexibility index (Phi) is 2.85. The highest BCUT2D eigenvalue weighted by atomic mass is 79.9. The Morgan fingerprint density at radius 3 is 2.75 bits per heavy atom. The first-order chi connectivity index (χ1) is 5.65. The number of hydrogen-bond acceptors (Lipinski definition) is 2. The molecule has 0 radical (unpaired) electrons. The summed E-state index contributed by atoms with van der Waals surface area (Å²) >= 11 is 3.29. The summed E-state index contributed by atoms with van der Waals surface area (Å²) in [5.41, 5.74) is 7.20. The van der Waals surface area contributed by atoms with E-state index in [4.69, 9.17) is 11.0 Å². The van der Waals surface area contributed by atoms with Crippen LogP contribution in [0.25, 0.3) is 0 Å². The second kappa shape index (κ2) is 3.70. The van der Waals surface area contributed by atoms with E-state index in [9.17, 15) is 0 Å². The van der Waals surface area contributed by atoms with Crippen LogP contribution in [0, 0.1) is 11.3 Å². The molecule has 0 saturated carbocycles. The highest BCUT2D eigenvalue weighted by Crippen LogP contribution is 2.19. The molecule has 0 amide bonds. The molecule has 12 heavy (non-hydrogen) atoms. The summed E-state index contributed by atoms with van der Waals surface area (Å²) in [4.78, 5) is 0. The summed E-state index contributed by atoms with van der Waals surface area (Å²) in [5.74, 6) is 0. The van der Waals surface area contributed by atoms with Crippen LogP contribution in [0.15, 0.2) is 22.7 Å². The highest BCUT2D eigenvalue weighted by Gasteiger charge is 2.05. The predicted molar refractivity (Wildman–Crippen MR) is 51.5 cm³/mol. The van der Waals surface area contributed by atoms with Gasteiger partial charge < -0.3 is 5.73 Å². The van der Waals surface area contributed by atoms with Crippen molar-refractivity contribution in [1.82, 2.24) is 0 Å². The van der Waals surface area contributed by atoms with Gasteiger partial charge in [-0.05, 0) is 24.6 Å². The lowest BCUT2D eigenvalue weighted by Gasteiger charge is -2.07. The number of nitriles is 1. The Hall–Kier alpha value is -0.850. The second-order valence-corrected chi connectivity index (χ2v) is 3.55. The third-order valence-electron chi connectivity index (χ3n) is 1.63. The number of nitrogens with two attached hydrogens (primary N) is 1. The van der Waals surface area contributed by atoms with Crippen molar-refractivity contribution in [3.63, 3.8) is 0 Å². The van der Waals surface area contributed by atoms with Crippen LogP contribution >= 0.6 is 15.9 Å². The van der Waals surface area contributed by atoms with Gasteiger partial charge in [-0.1, -0.05) is 22.0 Å². The normalized spacial score (nSPS) is 12.2. The molecule has 1 atom stereocenters. The third-order valence-corrected chi connectivity index (χ3v) is 2.12. The van der Waals surface area contributed by atoms with E-state index < -0.39 is 0 Å². The van der Waals surface area contributed by atoms with Gasteiger partial charge in [0.2, 0.25) is 0 Å². The van der Waals surface area contributed by atoms with Crippen molar-refractivity contribution in [2.24, 2.45) is 5.73 Å². The van der Waals surface area contributed by atoms with Gasteiger partial charge in [0.15, 0.2) is 0 Å². The van der Waals surface area contributed by atoms with Gasteiger partial charge in [0, 0.05) is 10.5 Å². The molecule has 0 aromatic heterocycles. The van der Waals surface area contributed by atoms with E-state index in [0.29, 0.717) is 5.56 Å². The van der Waals surface area contributed by atoms with Crippen molar-refractivity contribution in [3.8, 4) is 6.07 Å². The minimum absolute atomic E-state index is 0.0900. The van der Waals surface area contributed by atoms with E-state index >= 15 is 0 Å². The van der Waals surface area contributed by atoms with Crippen molar-refractivity contribution in [2.75, 3.05) is 0 Å². The monoisotopic (exact) mass is 224 g/mol. The summed E-state index contributed by atoms with van der Waals surface area (Å²) in [6.07, 6.45) is 0. The lowest BCUT2D eigenvalue weighted by atomic mass is 10.0. The fourth-order valence-corrected chi connectivity index (χ4v) is 1.38. The van der Waals surface area contributed by atoms with Crippen LogP contribution in [0.2, 0.25) is 0 Å². The maximum absolute atomic E-state index is 8.77. The van der Waals surface area contributed by atoms with Crippen molar-refractivity contribution >= 4 is 15.9 Å². The van der Waals surface area contributed by atoms with E-state index in [1.807, 2.05) is 19.1 Å². The Morgan fingerprint density at radius 2 is 2.25 bits per heavy atom. The zero-order valence-electron chi connectivity index (χ0n) is 6.71. The summed E-state index contributed by atoms with van der Waals surface area (Å²) < 4.78 is 0.906. The molecule has 1 unspecified atom stereocenters. The zero-order chi connectivity index (χ0) is 9.14. The van der Waals surface area contributed by atoms with E-state index in [-0.39, 0.29) is 6.04 Å². The fraction of sp³-hybridized carbons (Fsp3) is 0.222. The molecule has 0 bridgehead atoms. The first-order valence-corrected chi connectivity index (χ1v) is 4.39. The maximum atomic E-state index is 8.77. The molecule has 3 heteroatoms. The van der Waals surface area contributed by atoms with Crippen LogP contribution in [0.3, 0.4) is 0 Å². The molecule has 0 aliphatic carbocycles. The second-order valence-electron chi connectivity index (χ2n) is 2.63. The fourth-order valence-electron chi connectivity index (χ4n) is 1.02. The molecule has 0 heterocycles. The molecule has 1 rings (SSSR count). The molecule has 1 aromatic carbocycles. The minimum Gasteiger partial charge on any atom is -0.324 e. The average molecular weight is 225 g/mol. The number of nitrogens with zero attached hydrogens (tertiary/aromatic N) is 1. The first-order valence-electron chi connectivity index (χ1n) is 3.60. The zero-order valence-corrected chi connectivity index (χ0v) is 8.30. The standard InChI is InChI=1S/C9H9BrN2/c1-6(12)9-3-2-8(10)4-7(9)5-11/h2-4,6H,12H2,1H3. The lowest BCUT2D eigenvalue weighted by molar-refractivity contribution is 0.814. The van der Waals surface area contributed by atoms with E-state index in [1.54, 1.807) is 6.07 Å². The van der Waals surface area contributed by atoms with Crippen LogP contribution in [-0.2, 0) is 0 Å². The largest absolute Gasteiger partial charge is 0.324 e. The number of halogens is 1. The van der Waals surface area contributed by atoms with Crippen LogP contribution in [-0.4, -0.2) is 0 Å². The van der Waals surface area contributed by atoms with Gasteiger partial charge in [-0.25, -0.2) is 0 Å². The highest BCUT2D eigenvalue weighted by molar-refractivity contribution is 9.10. The lowest BCUT2D eigenvalue weighted by Crippen LogP contribution is -2.06. The van der Waals surface area contributed by atoms with E-state index in [0.717, 1.165) is 10.0 Å². The van der Waals surface area contributed by atoms with Crippen molar-refractivity contribution in [2.45, 2.75) is 13.0 Å². The number of hydrogen-bond donors (Lipinski definition) is 1. The van der Waals surface area contributed by atoms with Gasteiger partial charge in [-0.15, -0.1) is 0 Å². The molecule has 2 N–H and O–H groups in total. The van der Waals surface area contributed by atoms with Gasteiger partial charge in [0.1, 0.15) is 0 Å². The molecule has 62 valence electrons. The molecular formula is C9H9BrN2. The van der Waals surface area contributed by atoms with Crippen LogP contribution < -0.4 is 5.73 Å². The summed E-state index contributed by atoms with van der Waals surface area (Å²) in [6, 6.07) is 7.55. The molecule has 0 aliphatic heterocycles. The first kappa shape index (κ1) is 9.24. The Bertz CT molecular complexity index is 326. The quantitative estimate of drug-likeness (QED) is 0.797. The Balaban J connectivity index is 3.23. The average Bonchev–Trinajstić information content (AvgIpc) is 2.03. The van der Waals surface area contributed by atoms with Crippen LogP contribution in [0.4, 0.5) is 0 Å². The number of benzene rings is 1. The van der Waals surface area contributed by atoms with Crippen LogP contribution in [0.1, 0.15) is 24.1 Å². The van der Waals surface area contributed by atoms with Gasteiger partial charge in [-0.2, -0.15) is 5.26 Å². The van der Waals surface area contributed by atoms with Gasteiger partial charge in [0.05, 0.1) is 11.6 Å². The van der Waals surface area contributed by atoms with Crippen molar-refractivity contribution < 1.29 is 0 Å². The number of rotatable bonds is 1. The summed E-state index contributed by atoms with van der Waals surface area (Å²) in [7, 11) is 0. The Morgan fingerprint density at radius 1 is 1.58 bits per heavy atom. The molecule has 0 spiro atoms. The minimum atomic E-state index is -0.0900. The molecule has 0 aliphatic rings.